The fraction of sp³-hybridized carbons (Fsp3) is 0.842. The molecule has 0 saturated heterocycles. The predicted octanol–water partition coefficient (Wildman–Crippen LogP) is 3.13. The Hall–Kier alpha value is -0.900. The number of unbranched alkanes of at least 4 members (excludes halogenated alkanes) is 1. The van der Waals surface area contributed by atoms with Crippen LogP contribution in [-0.2, 0) is 24.3 Å². The third kappa shape index (κ3) is 7.93. The van der Waals surface area contributed by atoms with E-state index < -0.39 is 0 Å². The topological polar surface area (TPSA) is 76.4 Å². The minimum Gasteiger partial charge on any atom is -0.377 e. The van der Waals surface area contributed by atoms with Gasteiger partial charge in [0.25, 0.3) is 0 Å². The first-order valence-corrected chi connectivity index (χ1v) is 10.1. The molecule has 0 aromatic carbocycles. The van der Waals surface area contributed by atoms with Crippen molar-refractivity contribution in [1.29, 1.82) is 0 Å². The van der Waals surface area contributed by atoms with E-state index in [-0.39, 0.29) is 24.0 Å². The minimum absolute atomic E-state index is 0. The molecule has 2 N–H and O–H groups in total. The van der Waals surface area contributed by atoms with Gasteiger partial charge >= 0.3 is 0 Å². The van der Waals surface area contributed by atoms with Crippen LogP contribution in [0, 0.1) is 5.92 Å². The van der Waals surface area contributed by atoms with E-state index in [0.717, 1.165) is 49.5 Å². The molecule has 1 aliphatic rings. The van der Waals surface area contributed by atoms with E-state index in [1.807, 2.05) is 11.7 Å². The Balaban J connectivity index is 0.00000364. The molecule has 0 aliphatic carbocycles. The maximum atomic E-state index is 5.13. The number of fused-ring (bicyclic) bond motifs is 1. The second-order valence-corrected chi connectivity index (χ2v) is 7.19. The van der Waals surface area contributed by atoms with Crippen LogP contribution in [0.4, 0.5) is 0 Å². The van der Waals surface area contributed by atoms with Crippen LogP contribution in [0.3, 0.4) is 0 Å². The number of nitrogens with one attached hydrogen (secondary N) is 2. The van der Waals surface area contributed by atoms with Gasteiger partial charge in [-0.05, 0) is 25.2 Å². The van der Waals surface area contributed by atoms with Crippen molar-refractivity contribution in [3.63, 3.8) is 0 Å². The number of aromatic nitrogens is 3. The Morgan fingerprint density at radius 1 is 1.33 bits per heavy atom. The summed E-state index contributed by atoms with van der Waals surface area (Å²) in [7, 11) is 3.52. The standard InChI is InChI=1S/C19H36N6O.HI/c1-5-7-9-15(8-6-2)12-21-19(20-3)22-16-10-11-18-23-17(14-26-4)24-25(18)13-16;/h15-16H,5-14H2,1-4H3,(H2,20,21,22);1H. The average molecular weight is 492 g/mol. The second kappa shape index (κ2) is 13.3. The van der Waals surface area contributed by atoms with Gasteiger partial charge in [0.05, 0.1) is 6.54 Å². The molecule has 2 atom stereocenters. The fourth-order valence-electron chi connectivity index (χ4n) is 3.55. The van der Waals surface area contributed by atoms with Crippen molar-refractivity contribution >= 4 is 29.9 Å². The van der Waals surface area contributed by atoms with E-state index in [4.69, 9.17) is 4.74 Å². The van der Waals surface area contributed by atoms with Crippen LogP contribution >= 0.6 is 24.0 Å². The Labute approximate surface area is 181 Å². The summed E-state index contributed by atoms with van der Waals surface area (Å²) in [6.45, 7) is 6.81. The number of halogens is 1. The van der Waals surface area contributed by atoms with E-state index >= 15 is 0 Å². The third-order valence-electron chi connectivity index (χ3n) is 4.96. The number of guanidine groups is 1. The van der Waals surface area contributed by atoms with E-state index in [1.54, 1.807) is 7.11 Å². The lowest BCUT2D eigenvalue weighted by atomic mass is 9.97. The van der Waals surface area contributed by atoms with Gasteiger partial charge < -0.3 is 15.4 Å². The highest BCUT2D eigenvalue weighted by Crippen LogP contribution is 2.15. The lowest BCUT2D eigenvalue weighted by Crippen LogP contribution is -2.48. The van der Waals surface area contributed by atoms with Gasteiger partial charge in [-0.25, -0.2) is 9.67 Å². The van der Waals surface area contributed by atoms with Gasteiger partial charge in [0, 0.05) is 33.2 Å². The summed E-state index contributed by atoms with van der Waals surface area (Å²) in [6, 6.07) is 0.325. The Morgan fingerprint density at radius 2 is 2.15 bits per heavy atom. The molecule has 0 fully saturated rings. The monoisotopic (exact) mass is 492 g/mol. The van der Waals surface area contributed by atoms with E-state index in [2.05, 4.69) is 39.6 Å². The first-order valence-electron chi connectivity index (χ1n) is 10.1. The van der Waals surface area contributed by atoms with Gasteiger partial charge in [0.1, 0.15) is 12.4 Å². The molecule has 0 spiro atoms. The molecule has 156 valence electrons. The number of rotatable bonds is 10. The summed E-state index contributed by atoms with van der Waals surface area (Å²) in [5.74, 6) is 3.45. The quantitative estimate of drug-likeness (QED) is 0.298. The van der Waals surface area contributed by atoms with Crippen LogP contribution < -0.4 is 10.6 Å². The van der Waals surface area contributed by atoms with E-state index in [1.165, 1.54) is 32.1 Å². The third-order valence-corrected chi connectivity index (χ3v) is 4.96. The maximum absolute atomic E-state index is 5.13. The molecule has 2 unspecified atom stereocenters. The Kier molecular flexibility index (Phi) is 11.9. The second-order valence-electron chi connectivity index (χ2n) is 7.19. The molecule has 7 nitrogen and oxygen atoms in total. The molecule has 0 radical (unpaired) electrons. The summed E-state index contributed by atoms with van der Waals surface area (Å²) < 4.78 is 7.14. The first-order chi connectivity index (χ1) is 12.7. The minimum atomic E-state index is 0. The van der Waals surface area contributed by atoms with Crippen molar-refractivity contribution in [2.45, 2.75) is 78.0 Å². The van der Waals surface area contributed by atoms with Gasteiger partial charge in [0.2, 0.25) is 0 Å². The maximum Gasteiger partial charge on any atom is 0.191 e. The largest absolute Gasteiger partial charge is 0.377 e. The van der Waals surface area contributed by atoms with Crippen LogP contribution in [0.1, 0.15) is 64.0 Å². The zero-order valence-electron chi connectivity index (χ0n) is 17.3. The molecule has 2 heterocycles. The molecule has 0 amide bonds. The lowest BCUT2D eigenvalue weighted by Gasteiger charge is -2.26. The average Bonchev–Trinajstić information content (AvgIpc) is 3.04. The van der Waals surface area contributed by atoms with Crippen LogP contribution in [0.5, 0.6) is 0 Å². The molecule has 0 bridgehead atoms. The van der Waals surface area contributed by atoms with Crippen LogP contribution in [-0.4, -0.2) is 47.5 Å². The number of aryl methyl sites for hydroxylation is 1. The van der Waals surface area contributed by atoms with Gasteiger partial charge in [-0.3, -0.25) is 4.99 Å². The zero-order valence-corrected chi connectivity index (χ0v) is 19.7. The van der Waals surface area contributed by atoms with Crippen molar-refractivity contribution in [2.24, 2.45) is 10.9 Å². The first kappa shape index (κ1) is 24.1. The number of hydrogen-bond donors (Lipinski definition) is 2. The molecule has 1 aromatic rings. The van der Waals surface area contributed by atoms with Gasteiger partial charge in [-0.15, -0.1) is 24.0 Å². The molecular weight excluding hydrogens is 455 g/mol. The SMILES string of the molecule is CCCCC(CCC)CNC(=NC)NC1CCc2nc(COC)nn2C1.I. The molecular formula is C19H37IN6O. The predicted molar refractivity (Wildman–Crippen MR) is 121 cm³/mol. The molecule has 1 aliphatic heterocycles. The molecule has 1 aromatic heterocycles. The number of nitrogens with zero attached hydrogens (tertiary/aromatic N) is 4. The number of aliphatic imine (C=N–C) groups is 1. The molecule has 8 heteroatoms. The molecule has 0 saturated carbocycles. The molecule has 2 rings (SSSR count). The zero-order chi connectivity index (χ0) is 18.8. The number of hydrogen-bond acceptors (Lipinski definition) is 4. The van der Waals surface area contributed by atoms with Crippen molar-refractivity contribution < 1.29 is 4.74 Å². The van der Waals surface area contributed by atoms with Gasteiger partial charge in [-0.1, -0.05) is 33.1 Å². The Morgan fingerprint density at radius 3 is 2.81 bits per heavy atom. The smallest absolute Gasteiger partial charge is 0.191 e. The number of ether oxygens (including phenoxy) is 1. The fourth-order valence-corrected chi connectivity index (χ4v) is 3.55. The van der Waals surface area contributed by atoms with E-state index in [9.17, 15) is 0 Å². The van der Waals surface area contributed by atoms with E-state index in [0.29, 0.717) is 12.6 Å². The molecule has 27 heavy (non-hydrogen) atoms. The van der Waals surface area contributed by atoms with Crippen LogP contribution in [0.2, 0.25) is 0 Å². The highest BCUT2D eigenvalue weighted by atomic mass is 127. The Bertz CT molecular complexity index is 562. The van der Waals surface area contributed by atoms with Crippen molar-refractivity contribution in [3.8, 4) is 0 Å². The summed E-state index contributed by atoms with van der Waals surface area (Å²) in [5.41, 5.74) is 0. The van der Waals surface area contributed by atoms with Crippen molar-refractivity contribution in [3.05, 3.63) is 11.6 Å². The van der Waals surface area contributed by atoms with Crippen LogP contribution in [0.25, 0.3) is 0 Å². The summed E-state index contributed by atoms with van der Waals surface area (Å²) >= 11 is 0. The van der Waals surface area contributed by atoms with Crippen molar-refractivity contribution in [2.75, 3.05) is 20.7 Å². The van der Waals surface area contributed by atoms with Gasteiger partial charge in [0.15, 0.2) is 11.8 Å². The van der Waals surface area contributed by atoms with Crippen molar-refractivity contribution in [1.82, 2.24) is 25.4 Å². The lowest BCUT2D eigenvalue weighted by molar-refractivity contribution is 0.177. The summed E-state index contributed by atoms with van der Waals surface area (Å²) in [4.78, 5) is 8.95. The summed E-state index contributed by atoms with van der Waals surface area (Å²) in [5, 5.41) is 11.6. The highest BCUT2D eigenvalue weighted by Gasteiger charge is 2.22. The number of methoxy groups -OCH3 is 1. The normalized spacial score (nSPS) is 17.8. The van der Waals surface area contributed by atoms with Crippen LogP contribution in [0.15, 0.2) is 4.99 Å². The van der Waals surface area contributed by atoms with Gasteiger partial charge in [-0.2, -0.15) is 5.10 Å². The highest BCUT2D eigenvalue weighted by molar-refractivity contribution is 14.0. The summed E-state index contributed by atoms with van der Waals surface area (Å²) in [6.07, 6.45) is 8.35.